The summed E-state index contributed by atoms with van der Waals surface area (Å²) >= 11 is 9.42. The van der Waals surface area contributed by atoms with Gasteiger partial charge in [0.05, 0.1) is 5.56 Å². The van der Waals surface area contributed by atoms with Gasteiger partial charge in [-0.05, 0) is 55.8 Å². The Balaban J connectivity index is 2.29. The molecule has 0 atom stereocenters. The molecule has 0 heterocycles. The summed E-state index contributed by atoms with van der Waals surface area (Å²) in [6, 6.07) is 11.0. The van der Waals surface area contributed by atoms with Crippen molar-refractivity contribution in [3.05, 3.63) is 57.0 Å². The molecule has 0 aliphatic rings. The quantitative estimate of drug-likeness (QED) is 0.790. The highest BCUT2D eigenvalue weighted by molar-refractivity contribution is 9.10. The first-order valence-corrected chi connectivity index (χ1v) is 7.78. The van der Waals surface area contributed by atoms with Gasteiger partial charge in [-0.25, -0.2) is 0 Å². The molecule has 2 aromatic rings. The Morgan fingerprint density at radius 2 is 2.00 bits per heavy atom. The van der Waals surface area contributed by atoms with Gasteiger partial charge in [-0.15, -0.1) is 0 Å². The lowest BCUT2D eigenvalue weighted by Crippen LogP contribution is -2.15. The second kappa shape index (κ2) is 6.96. The molecule has 0 radical (unpaired) electrons. The van der Waals surface area contributed by atoms with Gasteiger partial charge < -0.3 is 10.6 Å². The van der Waals surface area contributed by atoms with Crippen molar-refractivity contribution in [3.8, 4) is 0 Å². The van der Waals surface area contributed by atoms with E-state index in [9.17, 15) is 4.79 Å². The summed E-state index contributed by atoms with van der Waals surface area (Å²) in [5.74, 6) is -0.189. The number of hydrogen-bond acceptors (Lipinski definition) is 2. The van der Waals surface area contributed by atoms with Crippen molar-refractivity contribution in [1.82, 2.24) is 0 Å². The highest BCUT2D eigenvalue weighted by Gasteiger charge is 2.12. The third-order valence-corrected chi connectivity index (χ3v) is 3.59. The van der Waals surface area contributed by atoms with Crippen LogP contribution in [0.15, 0.2) is 40.9 Å². The van der Waals surface area contributed by atoms with Crippen molar-refractivity contribution < 1.29 is 4.79 Å². The van der Waals surface area contributed by atoms with E-state index in [1.807, 2.05) is 38.1 Å². The first-order chi connectivity index (χ1) is 9.99. The summed E-state index contributed by atoms with van der Waals surface area (Å²) in [4.78, 5) is 12.5. The molecule has 3 nitrogen and oxygen atoms in total. The van der Waals surface area contributed by atoms with Crippen molar-refractivity contribution >= 4 is 44.8 Å². The van der Waals surface area contributed by atoms with Crippen LogP contribution >= 0.6 is 27.5 Å². The normalized spacial score (nSPS) is 10.3. The van der Waals surface area contributed by atoms with Gasteiger partial charge >= 0.3 is 0 Å². The Morgan fingerprint density at radius 1 is 1.24 bits per heavy atom. The van der Waals surface area contributed by atoms with Gasteiger partial charge in [0.1, 0.15) is 0 Å². The molecule has 5 heteroatoms. The first kappa shape index (κ1) is 15.9. The predicted octanol–water partition coefficient (Wildman–Crippen LogP) is 5.10. The Hall–Kier alpha value is -1.52. The average Bonchev–Trinajstić information content (AvgIpc) is 2.39. The molecule has 1 amide bonds. The zero-order chi connectivity index (χ0) is 15.4. The molecule has 2 N–H and O–H groups in total. The molecular weight excluding hydrogens is 352 g/mol. The third kappa shape index (κ3) is 4.22. The van der Waals surface area contributed by atoms with Crippen molar-refractivity contribution in [1.29, 1.82) is 0 Å². The van der Waals surface area contributed by atoms with Gasteiger partial charge in [0.2, 0.25) is 0 Å². The Morgan fingerprint density at radius 3 is 2.67 bits per heavy atom. The van der Waals surface area contributed by atoms with Gasteiger partial charge in [0.25, 0.3) is 5.91 Å². The standard InChI is InChI=1S/C16H16BrClN2O/c1-3-19-15-5-4-12(18)9-14(15)16(21)20-13-7-10(2)6-11(17)8-13/h4-9,19H,3H2,1-2H3,(H,20,21). The number of rotatable bonds is 4. The zero-order valence-corrected chi connectivity index (χ0v) is 14.2. The monoisotopic (exact) mass is 366 g/mol. The second-order valence-electron chi connectivity index (χ2n) is 4.69. The number of anilines is 2. The van der Waals surface area contributed by atoms with E-state index in [1.54, 1.807) is 12.1 Å². The van der Waals surface area contributed by atoms with Crippen LogP contribution in [0.3, 0.4) is 0 Å². The highest BCUT2D eigenvalue weighted by Crippen LogP contribution is 2.24. The minimum Gasteiger partial charge on any atom is -0.385 e. The molecule has 0 unspecified atom stereocenters. The minimum absolute atomic E-state index is 0.189. The first-order valence-electron chi connectivity index (χ1n) is 6.61. The van der Waals surface area contributed by atoms with E-state index < -0.39 is 0 Å². The minimum atomic E-state index is -0.189. The van der Waals surface area contributed by atoms with Gasteiger partial charge in [-0.3, -0.25) is 4.79 Å². The maximum atomic E-state index is 12.5. The lowest BCUT2D eigenvalue weighted by Gasteiger charge is -2.12. The lowest BCUT2D eigenvalue weighted by molar-refractivity contribution is 0.102. The van der Waals surface area contributed by atoms with Crippen LogP contribution in [0.2, 0.25) is 5.02 Å². The SMILES string of the molecule is CCNc1ccc(Cl)cc1C(=O)Nc1cc(C)cc(Br)c1. The van der Waals surface area contributed by atoms with E-state index in [-0.39, 0.29) is 5.91 Å². The van der Waals surface area contributed by atoms with Crippen molar-refractivity contribution in [2.45, 2.75) is 13.8 Å². The number of carbonyl (C=O) groups excluding carboxylic acids is 1. The van der Waals surface area contributed by atoms with Crippen LogP contribution < -0.4 is 10.6 Å². The van der Waals surface area contributed by atoms with E-state index in [4.69, 9.17) is 11.6 Å². The molecule has 110 valence electrons. The number of carbonyl (C=O) groups is 1. The summed E-state index contributed by atoms with van der Waals surface area (Å²) in [5, 5.41) is 6.60. The summed E-state index contributed by atoms with van der Waals surface area (Å²) in [6.45, 7) is 4.69. The van der Waals surface area contributed by atoms with Crippen LogP contribution in [-0.4, -0.2) is 12.5 Å². The van der Waals surface area contributed by atoms with E-state index in [1.165, 1.54) is 0 Å². The lowest BCUT2D eigenvalue weighted by atomic mass is 10.1. The summed E-state index contributed by atoms with van der Waals surface area (Å²) in [5.41, 5.74) is 3.11. The van der Waals surface area contributed by atoms with Crippen molar-refractivity contribution in [3.63, 3.8) is 0 Å². The predicted molar refractivity (Wildman–Crippen MR) is 92.4 cm³/mol. The van der Waals surface area contributed by atoms with E-state index in [2.05, 4.69) is 26.6 Å². The molecule has 21 heavy (non-hydrogen) atoms. The highest BCUT2D eigenvalue weighted by atomic mass is 79.9. The number of amides is 1. The van der Waals surface area contributed by atoms with Crippen LogP contribution in [-0.2, 0) is 0 Å². The molecule has 2 aromatic carbocycles. The average molecular weight is 368 g/mol. The number of hydrogen-bond donors (Lipinski definition) is 2. The molecule has 2 rings (SSSR count). The van der Waals surface area contributed by atoms with Crippen molar-refractivity contribution in [2.24, 2.45) is 0 Å². The maximum Gasteiger partial charge on any atom is 0.257 e. The molecule has 0 spiro atoms. The molecule has 0 saturated heterocycles. The summed E-state index contributed by atoms with van der Waals surface area (Å²) < 4.78 is 0.927. The molecule has 0 aliphatic carbocycles. The fraction of sp³-hybridized carbons (Fsp3) is 0.188. The summed E-state index contributed by atoms with van der Waals surface area (Å²) in [6.07, 6.45) is 0. The Bertz CT molecular complexity index is 653. The van der Waals surface area contributed by atoms with Crippen LogP contribution in [0.5, 0.6) is 0 Å². The van der Waals surface area contributed by atoms with Gasteiger partial charge in [0.15, 0.2) is 0 Å². The Labute approximate surface area is 137 Å². The number of benzene rings is 2. The van der Waals surface area contributed by atoms with Crippen LogP contribution in [0.25, 0.3) is 0 Å². The Kier molecular flexibility index (Phi) is 5.26. The van der Waals surface area contributed by atoms with Crippen LogP contribution in [0.1, 0.15) is 22.8 Å². The van der Waals surface area contributed by atoms with Gasteiger partial charge in [-0.2, -0.15) is 0 Å². The summed E-state index contributed by atoms with van der Waals surface area (Å²) in [7, 11) is 0. The topological polar surface area (TPSA) is 41.1 Å². The van der Waals surface area contributed by atoms with E-state index in [0.717, 1.165) is 28.0 Å². The third-order valence-electron chi connectivity index (χ3n) is 2.89. The fourth-order valence-corrected chi connectivity index (χ4v) is 2.84. The number of halogens is 2. The van der Waals surface area contributed by atoms with E-state index in [0.29, 0.717) is 10.6 Å². The van der Waals surface area contributed by atoms with Gasteiger partial charge in [-0.1, -0.05) is 27.5 Å². The van der Waals surface area contributed by atoms with E-state index >= 15 is 0 Å². The van der Waals surface area contributed by atoms with Crippen LogP contribution in [0.4, 0.5) is 11.4 Å². The van der Waals surface area contributed by atoms with Crippen molar-refractivity contribution in [2.75, 3.05) is 17.2 Å². The zero-order valence-electron chi connectivity index (χ0n) is 11.8. The molecule has 0 bridgehead atoms. The fourth-order valence-electron chi connectivity index (χ4n) is 2.06. The smallest absolute Gasteiger partial charge is 0.257 e. The molecular formula is C16H16BrClN2O. The largest absolute Gasteiger partial charge is 0.385 e. The molecule has 0 aliphatic heterocycles. The van der Waals surface area contributed by atoms with Crippen LogP contribution in [0, 0.1) is 6.92 Å². The molecule has 0 fully saturated rings. The number of aryl methyl sites for hydroxylation is 1. The van der Waals surface area contributed by atoms with Gasteiger partial charge in [0, 0.05) is 27.4 Å². The molecule has 0 aromatic heterocycles. The maximum absolute atomic E-state index is 12.5. The number of nitrogens with one attached hydrogen (secondary N) is 2. The molecule has 0 saturated carbocycles. The second-order valence-corrected chi connectivity index (χ2v) is 6.04.